The molecule has 1 N–H and O–H groups in total. The van der Waals surface area contributed by atoms with Crippen molar-refractivity contribution in [3.63, 3.8) is 0 Å². The van der Waals surface area contributed by atoms with Crippen LogP contribution in [0.1, 0.15) is 5.56 Å². The summed E-state index contributed by atoms with van der Waals surface area (Å²) in [5, 5.41) is 3.23. The number of fused-ring (bicyclic) bond motifs is 2. The van der Waals surface area contributed by atoms with Crippen molar-refractivity contribution in [3.05, 3.63) is 47.0 Å². The monoisotopic (exact) mass is 389 g/mol. The highest BCUT2D eigenvalue weighted by molar-refractivity contribution is 6.30. The number of ether oxygens (including phenoxy) is 4. The fourth-order valence-electron chi connectivity index (χ4n) is 2.94. The maximum Gasteiger partial charge on any atom is 0.313 e. The highest BCUT2D eigenvalue weighted by Gasteiger charge is 2.28. The lowest BCUT2D eigenvalue weighted by atomic mass is 9.97. The number of carbonyl (C=O) groups is 2. The van der Waals surface area contributed by atoms with E-state index in [1.807, 2.05) is 0 Å². The molecule has 2 aliphatic rings. The van der Waals surface area contributed by atoms with Crippen molar-refractivity contribution in [2.45, 2.75) is 6.42 Å². The Morgan fingerprint density at radius 3 is 2.78 bits per heavy atom. The molecule has 1 atom stereocenters. The predicted octanol–water partition coefficient (Wildman–Crippen LogP) is 2.80. The van der Waals surface area contributed by atoms with E-state index in [2.05, 4.69) is 5.32 Å². The molecule has 7 nitrogen and oxygen atoms in total. The summed E-state index contributed by atoms with van der Waals surface area (Å²) < 4.78 is 21.2. The molecule has 4 rings (SSSR count). The van der Waals surface area contributed by atoms with Crippen LogP contribution in [0.5, 0.6) is 17.2 Å². The van der Waals surface area contributed by atoms with Crippen LogP contribution in [-0.2, 0) is 20.7 Å². The normalized spacial score (nSPS) is 16.9. The Hall–Kier alpha value is -2.93. The van der Waals surface area contributed by atoms with Crippen LogP contribution in [0.25, 0.3) is 0 Å². The van der Waals surface area contributed by atoms with Gasteiger partial charge in [-0.2, -0.15) is 0 Å². The number of hydrogen-bond acceptors (Lipinski definition) is 6. The van der Waals surface area contributed by atoms with Crippen LogP contribution >= 0.6 is 11.6 Å². The smallest absolute Gasteiger partial charge is 0.313 e. The number of esters is 1. The van der Waals surface area contributed by atoms with Crippen LogP contribution in [0, 0.1) is 5.92 Å². The summed E-state index contributed by atoms with van der Waals surface area (Å²) in [6.07, 6.45) is 0.457. The lowest BCUT2D eigenvalue weighted by molar-refractivity contribution is -0.152. The zero-order valence-electron chi connectivity index (χ0n) is 14.2. The number of halogens is 1. The largest absolute Gasteiger partial charge is 0.492 e. The third-order valence-corrected chi connectivity index (χ3v) is 4.50. The summed E-state index contributed by atoms with van der Waals surface area (Å²) in [5.41, 5.74) is 1.38. The van der Waals surface area contributed by atoms with Gasteiger partial charge in [0.1, 0.15) is 12.4 Å². The van der Waals surface area contributed by atoms with E-state index in [-0.39, 0.29) is 20.0 Å². The topological polar surface area (TPSA) is 83.1 Å². The average Bonchev–Trinajstić information content (AvgIpc) is 3.13. The Morgan fingerprint density at radius 1 is 1.07 bits per heavy atom. The summed E-state index contributed by atoms with van der Waals surface area (Å²) in [4.78, 5) is 24.3. The minimum atomic E-state index is -0.485. The summed E-state index contributed by atoms with van der Waals surface area (Å²) in [5.74, 6) is 0.487. The molecule has 0 saturated heterocycles. The molecule has 8 heteroatoms. The number of benzene rings is 2. The van der Waals surface area contributed by atoms with Crippen LogP contribution in [0.4, 0.5) is 5.69 Å². The fourth-order valence-corrected chi connectivity index (χ4v) is 3.14. The summed E-state index contributed by atoms with van der Waals surface area (Å²) >= 11 is 5.98. The standard InChI is InChI=1S/C19H16ClNO6/c20-13-1-3-15-11(6-13)5-12(8-24-15)19(23)25-9-18(22)21-14-2-4-16-17(7-14)27-10-26-16/h1-4,6-7,12H,5,8-10H2,(H,21,22)/t12-/m1/s1. The molecule has 2 aliphatic heterocycles. The van der Waals surface area contributed by atoms with E-state index in [1.165, 1.54) is 0 Å². The highest BCUT2D eigenvalue weighted by atomic mass is 35.5. The van der Waals surface area contributed by atoms with Crippen molar-refractivity contribution in [3.8, 4) is 17.2 Å². The molecule has 0 unspecified atom stereocenters. The van der Waals surface area contributed by atoms with E-state index < -0.39 is 17.8 Å². The van der Waals surface area contributed by atoms with E-state index >= 15 is 0 Å². The molecule has 0 saturated carbocycles. The SMILES string of the molecule is O=C(COC(=O)[C@H]1COc2ccc(Cl)cc2C1)Nc1ccc2c(c1)OCO2. The number of rotatable bonds is 4. The van der Waals surface area contributed by atoms with Gasteiger partial charge in [-0.05, 0) is 42.3 Å². The van der Waals surface area contributed by atoms with E-state index in [0.717, 1.165) is 5.56 Å². The quantitative estimate of drug-likeness (QED) is 0.809. The Labute approximate surface area is 160 Å². The molecular formula is C19H16ClNO6. The van der Waals surface area contributed by atoms with Gasteiger partial charge in [0.05, 0.1) is 5.92 Å². The molecule has 27 heavy (non-hydrogen) atoms. The van der Waals surface area contributed by atoms with E-state index in [4.69, 9.17) is 30.5 Å². The zero-order chi connectivity index (χ0) is 18.8. The third kappa shape index (κ3) is 3.93. The second-order valence-corrected chi connectivity index (χ2v) is 6.62. The number of hydrogen-bond donors (Lipinski definition) is 1. The van der Waals surface area contributed by atoms with Crippen LogP contribution in [0.3, 0.4) is 0 Å². The molecule has 0 fully saturated rings. The van der Waals surface area contributed by atoms with Gasteiger partial charge in [0.15, 0.2) is 18.1 Å². The van der Waals surface area contributed by atoms with Crippen molar-refractivity contribution in [1.82, 2.24) is 0 Å². The summed E-state index contributed by atoms with van der Waals surface area (Å²) in [6, 6.07) is 10.3. The van der Waals surface area contributed by atoms with Gasteiger partial charge in [0.25, 0.3) is 5.91 Å². The maximum atomic E-state index is 12.3. The third-order valence-electron chi connectivity index (χ3n) is 4.26. The predicted molar refractivity (Wildman–Crippen MR) is 96.3 cm³/mol. The van der Waals surface area contributed by atoms with Crippen LogP contribution in [0.2, 0.25) is 5.02 Å². The van der Waals surface area contributed by atoms with Crippen LogP contribution < -0.4 is 19.5 Å². The van der Waals surface area contributed by atoms with Crippen molar-refractivity contribution in [2.75, 3.05) is 25.3 Å². The molecule has 0 spiro atoms. The van der Waals surface area contributed by atoms with Gasteiger partial charge in [0.2, 0.25) is 6.79 Å². The Balaban J connectivity index is 1.29. The zero-order valence-corrected chi connectivity index (χ0v) is 15.0. The molecule has 0 aromatic heterocycles. The molecule has 2 heterocycles. The molecule has 0 radical (unpaired) electrons. The Morgan fingerprint density at radius 2 is 1.89 bits per heavy atom. The molecule has 0 aliphatic carbocycles. The summed E-state index contributed by atoms with van der Waals surface area (Å²) in [6.45, 7) is -0.0223. The van der Waals surface area contributed by atoms with Gasteiger partial charge in [-0.3, -0.25) is 9.59 Å². The molecule has 2 aromatic carbocycles. The van der Waals surface area contributed by atoms with Gasteiger partial charge in [-0.15, -0.1) is 0 Å². The molecule has 0 bridgehead atoms. The fraction of sp³-hybridized carbons (Fsp3) is 0.263. The Kier molecular flexibility index (Phi) is 4.77. The molecule has 1 amide bonds. The second-order valence-electron chi connectivity index (χ2n) is 6.19. The summed E-state index contributed by atoms with van der Waals surface area (Å²) in [7, 11) is 0. The van der Waals surface area contributed by atoms with Gasteiger partial charge < -0.3 is 24.3 Å². The number of carbonyl (C=O) groups excluding carboxylic acids is 2. The number of amides is 1. The second kappa shape index (κ2) is 7.36. The first-order chi connectivity index (χ1) is 13.1. The van der Waals surface area contributed by atoms with Crippen molar-refractivity contribution < 1.29 is 28.5 Å². The highest BCUT2D eigenvalue weighted by Crippen LogP contribution is 2.34. The van der Waals surface area contributed by atoms with Crippen LogP contribution in [-0.4, -0.2) is 31.9 Å². The number of nitrogens with one attached hydrogen (secondary N) is 1. The lowest BCUT2D eigenvalue weighted by Crippen LogP contribution is -2.31. The average molecular weight is 390 g/mol. The van der Waals surface area contributed by atoms with Gasteiger partial charge in [0, 0.05) is 16.8 Å². The van der Waals surface area contributed by atoms with Crippen LogP contribution in [0.15, 0.2) is 36.4 Å². The molecule has 140 valence electrons. The van der Waals surface area contributed by atoms with E-state index in [0.29, 0.717) is 34.4 Å². The minimum absolute atomic E-state index is 0.155. The first-order valence-electron chi connectivity index (χ1n) is 8.36. The van der Waals surface area contributed by atoms with Crippen molar-refractivity contribution in [2.24, 2.45) is 5.92 Å². The minimum Gasteiger partial charge on any atom is -0.492 e. The van der Waals surface area contributed by atoms with Crippen molar-refractivity contribution >= 4 is 29.2 Å². The lowest BCUT2D eigenvalue weighted by Gasteiger charge is -2.24. The first-order valence-corrected chi connectivity index (χ1v) is 8.73. The Bertz CT molecular complexity index is 900. The van der Waals surface area contributed by atoms with E-state index in [1.54, 1.807) is 36.4 Å². The van der Waals surface area contributed by atoms with Gasteiger partial charge in [-0.1, -0.05) is 11.6 Å². The van der Waals surface area contributed by atoms with Crippen molar-refractivity contribution in [1.29, 1.82) is 0 Å². The van der Waals surface area contributed by atoms with Gasteiger partial charge >= 0.3 is 5.97 Å². The molecule has 2 aromatic rings. The first kappa shape index (κ1) is 17.5. The maximum absolute atomic E-state index is 12.3. The number of anilines is 1. The van der Waals surface area contributed by atoms with E-state index in [9.17, 15) is 9.59 Å². The van der Waals surface area contributed by atoms with Gasteiger partial charge in [-0.25, -0.2) is 0 Å². The molecular weight excluding hydrogens is 374 g/mol.